The van der Waals surface area contributed by atoms with Gasteiger partial charge in [0.1, 0.15) is 0 Å². The Morgan fingerprint density at radius 2 is 2.30 bits per heavy atom. The molecule has 1 aliphatic rings. The highest BCUT2D eigenvalue weighted by Crippen LogP contribution is 2.25. The van der Waals surface area contributed by atoms with Gasteiger partial charge in [-0.05, 0) is 25.2 Å². The van der Waals surface area contributed by atoms with Crippen molar-refractivity contribution < 1.29 is 0 Å². The minimum absolute atomic E-state index is 0.734. The van der Waals surface area contributed by atoms with Crippen molar-refractivity contribution in [3.8, 4) is 0 Å². The van der Waals surface area contributed by atoms with Gasteiger partial charge in [-0.15, -0.1) is 11.6 Å². The second kappa shape index (κ2) is 3.97. The predicted octanol–water partition coefficient (Wildman–Crippen LogP) is 2.49. The Labute approximate surface area is 67.5 Å². The zero-order valence-corrected chi connectivity index (χ0v) is 7.19. The summed E-state index contributed by atoms with van der Waals surface area (Å²) in [5, 5.41) is 0. The lowest BCUT2D eigenvalue weighted by Gasteiger charge is -2.25. The highest BCUT2D eigenvalue weighted by molar-refractivity contribution is 6.18. The molecule has 0 bridgehead atoms. The third kappa shape index (κ3) is 1.98. The summed E-state index contributed by atoms with van der Waals surface area (Å²) in [6, 6.07) is 0. The van der Waals surface area contributed by atoms with E-state index in [2.05, 4.69) is 11.9 Å². The van der Waals surface area contributed by atoms with Crippen LogP contribution in [0.5, 0.6) is 0 Å². The molecule has 2 heteroatoms. The maximum Gasteiger partial charge on any atom is 0.0386 e. The SMILES string of the molecule is CCCN=C1CC(CCl)C1. The lowest BCUT2D eigenvalue weighted by molar-refractivity contribution is 0.558. The molecule has 1 saturated carbocycles. The third-order valence-corrected chi connectivity index (χ3v) is 2.26. The van der Waals surface area contributed by atoms with E-state index in [1.165, 1.54) is 5.71 Å². The van der Waals surface area contributed by atoms with Gasteiger partial charge in [0.2, 0.25) is 0 Å². The Kier molecular flexibility index (Phi) is 3.20. The van der Waals surface area contributed by atoms with Gasteiger partial charge in [0.05, 0.1) is 0 Å². The zero-order valence-electron chi connectivity index (χ0n) is 6.44. The average Bonchev–Trinajstić information content (AvgIpc) is 1.86. The third-order valence-electron chi connectivity index (χ3n) is 1.83. The predicted molar refractivity (Wildman–Crippen MR) is 46.0 cm³/mol. The minimum atomic E-state index is 0.734. The monoisotopic (exact) mass is 159 g/mol. The molecule has 1 aliphatic carbocycles. The van der Waals surface area contributed by atoms with Gasteiger partial charge in [0.15, 0.2) is 0 Å². The van der Waals surface area contributed by atoms with Crippen molar-refractivity contribution in [2.75, 3.05) is 12.4 Å². The van der Waals surface area contributed by atoms with Gasteiger partial charge in [-0.1, -0.05) is 6.92 Å². The van der Waals surface area contributed by atoms with Crippen LogP contribution in [0.25, 0.3) is 0 Å². The molecule has 0 heterocycles. The van der Waals surface area contributed by atoms with Crippen molar-refractivity contribution in [2.45, 2.75) is 26.2 Å². The molecule has 0 amide bonds. The molecular formula is C8H14ClN. The van der Waals surface area contributed by atoms with E-state index in [0.717, 1.165) is 37.6 Å². The van der Waals surface area contributed by atoms with Crippen LogP contribution in [0.15, 0.2) is 4.99 Å². The Bertz CT molecular complexity index is 123. The smallest absolute Gasteiger partial charge is 0.0386 e. The zero-order chi connectivity index (χ0) is 7.40. The standard InChI is InChI=1S/C8H14ClN/c1-2-3-10-8-4-7(5-8)6-9/h7H,2-6H2,1H3. The van der Waals surface area contributed by atoms with Gasteiger partial charge in [-0.25, -0.2) is 0 Å². The molecule has 0 radical (unpaired) electrons. The van der Waals surface area contributed by atoms with E-state index >= 15 is 0 Å². The molecule has 0 aliphatic heterocycles. The summed E-state index contributed by atoms with van der Waals surface area (Å²) in [4.78, 5) is 4.40. The molecule has 1 fully saturated rings. The summed E-state index contributed by atoms with van der Waals surface area (Å²) in [7, 11) is 0. The first-order valence-corrected chi connectivity index (χ1v) is 4.48. The first-order valence-electron chi connectivity index (χ1n) is 3.95. The highest BCUT2D eigenvalue weighted by atomic mass is 35.5. The Morgan fingerprint density at radius 3 is 2.80 bits per heavy atom. The Morgan fingerprint density at radius 1 is 1.60 bits per heavy atom. The number of alkyl halides is 1. The molecule has 0 unspecified atom stereocenters. The number of hydrogen-bond donors (Lipinski definition) is 0. The molecule has 0 N–H and O–H groups in total. The van der Waals surface area contributed by atoms with Crippen LogP contribution in [0.4, 0.5) is 0 Å². The molecule has 0 aromatic carbocycles. The average molecular weight is 160 g/mol. The quantitative estimate of drug-likeness (QED) is 0.562. The molecule has 0 aromatic rings. The minimum Gasteiger partial charge on any atom is -0.294 e. The second-order valence-corrected chi connectivity index (χ2v) is 3.19. The van der Waals surface area contributed by atoms with Crippen LogP contribution >= 0.6 is 11.6 Å². The van der Waals surface area contributed by atoms with Crippen molar-refractivity contribution in [3.05, 3.63) is 0 Å². The Hall–Kier alpha value is -0.0400. The molecule has 10 heavy (non-hydrogen) atoms. The van der Waals surface area contributed by atoms with Crippen LogP contribution in [0, 0.1) is 5.92 Å². The van der Waals surface area contributed by atoms with Gasteiger partial charge < -0.3 is 0 Å². The van der Waals surface area contributed by atoms with Crippen molar-refractivity contribution >= 4 is 17.3 Å². The summed E-state index contributed by atoms with van der Waals surface area (Å²) < 4.78 is 0. The van der Waals surface area contributed by atoms with Gasteiger partial charge in [0.25, 0.3) is 0 Å². The highest BCUT2D eigenvalue weighted by Gasteiger charge is 2.22. The van der Waals surface area contributed by atoms with Gasteiger partial charge in [-0.3, -0.25) is 4.99 Å². The maximum absolute atomic E-state index is 5.65. The van der Waals surface area contributed by atoms with Crippen molar-refractivity contribution in [3.63, 3.8) is 0 Å². The van der Waals surface area contributed by atoms with Crippen LogP contribution in [0.1, 0.15) is 26.2 Å². The van der Waals surface area contributed by atoms with E-state index in [1.807, 2.05) is 0 Å². The van der Waals surface area contributed by atoms with E-state index in [1.54, 1.807) is 0 Å². The molecule has 58 valence electrons. The van der Waals surface area contributed by atoms with Crippen LogP contribution in [0.2, 0.25) is 0 Å². The molecule has 0 atom stereocenters. The fourth-order valence-electron chi connectivity index (χ4n) is 1.11. The van der Waals surface area contributed by atoms with Crippen molar-refractivity contribution in [1.82, 2.24) is 0 Å². The summed E-state index contributed by atoms with van der Waals surface area (Å²) in [5.41, 5.74) is 1.38. The van der Waals surface area contributed by atoms with E-state index in [-0.39, 0.29) is 0 Å². The maximum atomic E-state index is 5.65. The Balaban J connectivity index is 2.12. The first kappa shape index (κ1) is 8.06. The van der Waals surface area contributed by atoms with E-state index in [0.29, 0.717) is 0 Å². The number of aliphatic imine (C=N–C) groups is 1. The van der Waals surface area contributed by atoms with Crippen molar-refractivity contribution in [2.24, 2.45) is 10.9 Å². The van der Waals surface area contributed by atoms with Gasteiger partial charge >= 0.3 is 0 Å². The molecule has 0 saturated heterocycles. The van der Waals surface area contributed by atoms with Crippen LogP contribution in [-0.2, 0) is 0 Å². The molecule has 0 aromatic heterocycles. The van der Waals surface area contributed by atoms with Crippen LogP contribution < -0.4 is 0 Å². The lowest BCUT2D eigenvalue weighted by Crippen LogP contribution is -2.25. The summed E-state index contributed by atoms with van der Waals surface area (Å²) in [5.74, 6) is 1.54. The van der Waals surface area contributed by atoms with Crippen LogP contribution in [-0.4, -0.2) is 18.1 Å². The topological polar surface area (TPSA) is 12.4 Å². The fourth-order valence-corrected chi connectivity index (χ4v) is 1.33. The van der Waals surface area contributed by atoms with Gasteiger partial charge in [-0.2, -0.15) is 0 Å². The van der Waals surface area contributed by atoms with Crippen molar-refractivity contribution in [1.29, 1.82) is 0 Å². The summed E-state index contributed by atoms with van der Waals surface area (Å²) in [6.45, 7) is 3.16. The number of nitrogens with zero attached hydrogens (tertiary/aromatic N) is 1. The molecule has 1 nitrogen and oxygen atoms in total. The molecule has 0 spiro atoms. The largest absolute Gasteiger partial charge is 0.294 e. The van der Waals surface area contributed by atoms with Gasteiger partial charge in [0, 0.05) is 18.1 Å². The normalized spacial score (nSPS) is 24.2. The first-order chi connectivity index (χ1) is 4.86. The van der Waals surface area contributed by atoms with E-state index in [9.17, 15) is 0 Å². The van der Waals surface area contributed by atoms with Crippen LogP contribution in [0.3, 0.4) is 0 Å². The fraction of sp³-hybridized carbons (Fsp3) is 0.875. The summed E-state index contributed by atoms with van der Waals surface area (Å²) >= 11 is 5.65. The second-order valence-electron chi connectivity index (χ2n) is 2.88. The number of halogens is 1. The molecular weight excluding hydrogens is 146 g/mol. The molecule has 1 rings (SSSR count). The number of rotatable bonds is 3. The summed E-state index contributed by atoms with van der Waals surface area (Å²) in [6.07, 6.45) is 3.47. The number of hydrogen-bond acceptors (Lipinski definition) is 1. The van der Waals surface area contributed by atoms with E-state index in [4.69, 9.17) is 11.6 Å². The lowest BCUT2D eigenvalue weighted by atomic mass is 9.85. The van der Waals surface area contributed by atoms with E-state index < -0.39 is 0 Å².